The minimum absolute atomic E-state index is 0.370. The smallest absolute Gasteiger partial charge is 0.140 e. The first-order chi connectivity index (χ1) is 6.67. The molecule has 6 saturated carbocycles. The van der Waals surface area contributed by atoms with Crippen molar-refractivity contribution < 1.29 is 4.79 Å². The fourth-order valence-corrected chi connectivity index (χ4v) is 8.05. The van der Waals surface area contributed by atoms with Gasteiger partial charge in [-0.3, -0.25) is 4.79 Å². The highest BCUT2D eigenvalue weighted by Crippen LogP contribution is 2.86. The molecule has 0 N–H and O–H groups in total. The monoisotopic (exact) mass is 252 g/mol. The van der Waals surface area contributed by atoms with Crippen LogP contribution in [0.1, 0.15) is 13.3 Å². The van der Waals surface area contributed by atoms with Crippen LogP contribution in [0.5, 0.6) is 0 Å². The van der Waals surface area contributed by atoms with Gasteiger partial charge in [-0.1, -0.05) is 22.9 Å². The second kappa shape index (κ2) is 1.66. The van der Waals surface area contributed by atoms with Gasteiger partial charge in [-0.15, -0.1) is 0 Å². The molecule has 0 radical (unpaired) electrons. The summed E-state index contributed by atoms with van der Waals surface area (Å²) in [4.78, 5) is 12.9. The molecule has 0 heterocycles. The Labute approximate surface area is 91.8 Å². The summed E-state index contributed by atoms with van der Waals surface area (Å²) in [5, 5.41) is 0. The summed E-state index contributed by atoms with van der Waals surface area (Å²) < 4.78 is 0. The zero-order valence-electron chi connectivity index (χ0n) is 8.11. The van der Waals surface area contributed by atoms with E-state index in [1.807, 2.05) is 0 Å². The van der Waals surface area contributed by atoms with E-state index in [0.717, 1.165) is 29.6 Å². The Balaban J connectivity index is 1.92. The van der Waals surface area contributed by atoms with Gasteiger partial charge in [0.2, 0.25) is 0 Å². The van der Waals surface area contributed by atoms with Crippen molar-refractivity contribution >= 4 is 21.7 Å². The van der Waals surface area contributed by atoms with E-state index in [-0.39, 0.29) is 0 Å². The van der Waals surface area contributed by atoms with Crippen molar-refractivity contribution in [1.29, 1.82) is 0 Å². The second-order valence-corrected chi connectivity index (χ2v) is 7.40. The molecule has 0 aromatic heterocycles. The van der Waals surface area contributed by atoms with Crippen LogP contribution in [0, 0.1) is 46.8 Å². The van der Waals surface area contributed by atoms with E-state index in [4.69, 9.17) is 0 Å². The average Bonchev–Trinajstić information content (AvgIpc) is 2.81. The van der Waals surface area contributed by atoms with Crippen LogP contribution in [0.25, 0.3) is 0 Å². The lowest BCUT2D eigenvalue weighted by atomic mass is 9.64. The van der Waals surface area contributed by atoms with Crippen LogP contribution in [0.3, 0.4) is 0 Å². The molecule has 0 spiro atoms. The van der Waals surface area contributed by atoms with Crippen molar-refractivity contribution in [2.75, 3.05) is 0 Å². The van der Waals surface area contributed by atoms with Gasteiger partial charge in [0.1, 0.15) is 5.78 Å². The first-order valence-electron chi connectivity index (χ1n) is 5.85. The van der Waals surface area contributed by atoms with E-state index >= 15 is 0 Å². The number of rotatable bonds is 0. The van der Waals surface area contributed by atoms with Crippen LogP contribution in [-0.2, 0) is 4.79 Å². The van der Waals surface area contributed by atoms with Gasteiger partial charge in [-0.2, -0.15) is 0 Å². The van der Waals surface area contributed by atoms with Crippen molar-refractivity contribution in [2.24, 2.45) is 46.8 Å². The maximum absolute atomic E-state index is 12.2. The van der Waals surface area contributed by atoms with Crippen LogP contribution >= 0.6 is 15.9 Å². The van der Waals surface area contributed by atoms with E-state index < -0.39 is 0 Å². The minimum Gasteiger partial charge on any atom is -0.299 e. The highest BCUT2D eigenvalue weighted by Gasteiger charge is 2.87. The zero-order valence-corrected chi connectivity index (χ0v) is 9.70. The van der Waals surface area contributed by atoms with Gasteiger partial charge in [0, 0.05) is 16.7 Å². The van der Waals surface area contributed by atoms with Gasteiger partial charge >= 0.3 is 0 Å². The van der Waals surface area contributed by atoms with Crippen molar-refractivity contribution in [3.8, 4) is 0 Å². The molecular formula is C12H13BrO. The number of carbonyl (C=O) groups excluding carboxylic acids is 1. The predicted octanol–water partition coefficient (Wildman–Crippen LogP) is 2.10. The fourth-order valence-electron chi connectivity index (χ4n) is 6.72. The Morgan fingerprint density at radius 3 is 2.86 bits per heavy atom. The predicted molar refractivity (Wildman–Crippen MR) is 54.9 cm³/mol. The second-order valence-electron chi connectivity index (χ2n) is 6.42. The molecule has 6 bridgehead atoms. The lowest BCUT2D eigenvalue weighted by Crippen LogP contribution is -2.37. The van der Waals surface area contributed by atoms with Crippen LogP contribution in [0.2, 0.25) is 0 Å². The van der Waals surface area contributed by atoms with E-state index in [9.17, 15) is 4.79 Å². The number of hydrogen-bond acceptors (Lipinski definition) is 1. The maximum atomic E-state index is 12.2. The summed E-state index contributed by atoms with van der Waals surface area (Å²) in [6.07, 6.45) is 1.39. The topological polar surface area (TPSA) is 17.1 Å². The van der Waals surface area contributed by atoms with E-state index in [0.29, 0.717) is 27.9 Å². The summed E-state index contributed by atoms with van der Waals surface area (Å²) in [6.45, 7) is 2.40. The first kappa shape index (κ1) is 7.43. The Hall–Kier alpha value is 0.150. The van der Waals surface area contributed by atoms with Gasteiger partial charge in [-0.25, -0.2) is 0 Å². The molecule has 74 valence electrons. The Kier molecular flexibility index (Phi) is 0.883. The minimum atomic E-state index is 0.370. The molecule has 6 fully saturated rings. The van der Waals surface area contributed by atoms with Gasteiger partial charge in [-0.05, 0) is 41.4 Å². The third-order valence-electron chi connectivity index (χ3n) is 6.63. The average molecular weight is 253 g/mol. The van der Waals surface area contributed by atoms with E-state index in [1.165, 1.54) is 6.42 Å². The fraction of sp³-hybridized carbons (Fsp3) is 0.917. The molecule has 6 aliphatic carbocycles. The molecule has 14 heavy (non-hydrogen) atoms. The lowest BCUT2D eigenvalue weighted by molar-refractivity contribution is -0.122. The molecule has 2 heteroatoms. The van der Waals surface area contributed by atoms with Crippen LogP contribution in [0.15, 0.2) is 0 Å². The largest absolute Gasteiger partial charge is 0.299 e. The molecule has 0 saturated heterocycles. The summed E-state index contributed by atoms with van der Waals surface area (Å²) in [5.74, 6) is 5.85. The molecule has 2 unspecified atom stereocenters. The van der Waals surface area contributed by atoms with Gasteiger partial charge in [0.05, 0.1) is 0 Å². The quantitative estimate of drug-likeness (QED) is 0.604. The van der Waals surface area contributed by atoms with Crippen molar-refractivity contribution in [3.05, 3.63) is 0 Å². The molecule has 6 rings (SSSR count). The Morgan fingerprint density at radius 2 is 2.14 bits per heavy atom. The van der Waals surface area contributed by atoms with Gasteiger partial charge < -0.3 is 0 Å². The molecule has 6 aliphatic rings. The molecular weight excluding hydrogens is 240 g/mol. The normalized spacial score (nSPS) is 80.3. The molecule has 1 nitrogen and oxygen atoms in total. The molecule has 9 atom stereocenters. The van der Waals surface area contributed by atoms with Crippen LogP contribution in [-0.4, -0.2) is 10.6 Å². The summed E-state index contributed by atoms with van der Waals surface area (Å²) in [5.41, 5.74) is 0.370. The summed E-state index contributed by atoms with van der Waals surface area (Å²) in [7, 11) is 0. The van der Waals surface area contributed by atoms with Crippen LogP contribution in [0.4, 0.5) is 0 Å². The number of carbonyl (C=O) groups is 1. The summed E-state index contributed by atoms with van der Waals surface area (Å²) >= 11 is 3.92. The van der Waals surface area contributed by atoms with E-state index in [1.54, 1.807) is 0 Å². The maximum Gasteiger partial charge on any atom is 0.140 e. The first-order valence-corrected chi connectivity index (χ1v) is 6.76. The number of halogens is 1. The molecule has 0 aromatic rings. The van der Waals surface area contributed by atoms with E-state index in [2.05, 4.69) is 22.9 Å². The number of Topliss-reactive ketones (excluding diaryl/α,β-unsaturated/α-hetero) is 1. The number of ketones is 1. The summed E-state index contributed by atoms with van der Waals surface area (Å²) in [6, 6.07) is 0. The number of hydrogen-bond donors (Lipinski definition) is 0. The SMILES string of the molecule is C[C@]12[C@@H]3[C@H]4CC5C([C@H]4[C@@H]1Br)[C@H]2C(=O)[C@@H]53. The van der Waals surface area contributed by atoms with Crippen molar-refractivity contribution in [3.63, 3.8) is 0 Å². The highest BCUT2D eigenvalue weighted by atomic mass is 79.9. The Morgan fingerprint density at radius 1 is 1.36 bits per heavy atom. The third kappa shape index (κ3) is 0.391. The molecule has 0 aliphatic heterocycles. The molecule has 0 amide bonds. The van der Waals surface area contributed by atoms with Gasteiger partial charge in [0.25, 0.3) is 0 Å². The number of alkyl halides is 1. The molecule has 0 aromatic carbocycles. The van der Waals surface area contributed by atoms with Crippen LogP contribution < -0.4 is 0 Å². The lowest BCUT2D eigenvalue weighted by Gasteiger charge is -2.38. The third-order valence-corrected chi connectivity index (χ3v) is 8.22. The zero-order chi connectivity index (χ0) is 9.40. The van der Waals surface area contributed by atoms with Crippen molar-refractivity contribution in [1.82, 2.24) is 0 Å². The van der Waals surface area contributed by atoms with Gasteiger partial charge in [0.15, 0.2) is 0 Å². The standard InChI is InChI=1S/C12H13BrO/c1-12-8-4-2-3-5(6(4)11(12)13)9(12)10(14)7(3)8/h3-9,11H,2H2,1H3/t3?,4-,5?,6-,7-,8+,9-,11-,12+/m0/s1. The van der Waals surface area contributed by atoms with Crippen molar-refractivity contribution in [2.45, 2.75) is 18.2 Å². The highest BCUT2D eigenvalue weighted by molar-refractivity contribution is 9.09. The Bertz CT molecular complexity index is 390.